The lowest BCUT2D eigenvalue weighted by Gasteiger charge is -2.15. The van der Waals surface area contributed by atoms with E-state index >= 15 is 0 Å². The summed E-state index contributed by atoms with van der Waals surface area (Å²) in [5.74, 6) is 2.25. The number of halogens is 1. The van der Waals surface area contributed by atoms with E-state index < -0.39 is 0 Å². The second-order valence-electron chi connectivity index (χ2n) is 7.05. The number of thiazole rings is 1. The monoisotopic (exact) mass is 532 g/mol. The van der Waals surface area contributed by atoms with Gasteiger partial charge in [-0.05, 0) is 24.5 Å². The normalized spacial score (nSPS) is 11.3. The number of benzene rings is 1. The SMILES string of the molecule is CN=C(NCc1cnc(CC(C)C)s1)NCc1ccc(C)cc1OCCOC.I. The number of hydrogen-bond acceptors (Lipinski definition) is 5. The number of nitrogens with one attached hydrogen (secondary N) is 2. The molecule has 29 heavy (non-hydrogen) atoms. The van der Waals surface area contributed by atoms with Gasteiger partial charge < -0.3 is 20.1 Å². The standard InChI is InChI=1S/C21H32N4O2S.HI/c1-15(2)10-20-23-13-18(28-20)14-25-21(22-4)24-12-17-7-6-16(3)11-19(17)27-9-8-26-5;/h6-7,11,13,15H,8-10,12,14H2,1-5H3,(H2,22,24,25);1H. The molecule has 0 aliphatic rings. The predicted molar refractivity (Wildman–Crippen MR) is 132 cm³/mol. The van der Waals surface area contributed by atoms with Gasteiger partial charge in [-0.1, -0.05) is 26.0 Å². The van der Waals surface area contributed by atoms with Crippen molar-refractivity contribution in [2.24, 2.45) is 10.9 Å². The van der Waals surface area contributed by atoms with Crippen molar-refractivity contribution in [2.75, 3.05) is 27.4 Å². The molecule has 0 radical (unpaired) electrons. The van der Waals surface area contributed by atoms with Crippen LogP contribution in [0.5, 0.6) is 5.75 Å². The number of nitrogens with zero attached hydrogens (tertiary/aromatic N) is 2. The molecule has 2 N–H and O–H groups in total. The van der Waals surface area contributed by atoms with Crippen molar-refractivity contribution >= 4 is 41.3 Å². The highest BCUT2D eigenvalue weighted by Crippen LogP contribution is 2.20. The minimum absolute atomic E-state index is 0. The maximum Gasteiger partial charge on any atom is 0.191 e. The highest BCUT2D eigenvalue weighted by molar-refractivity contribution is 14.0. The summed E-state index contributed by atoms with van der Waals surface area (Å²) in [4.78, 5) is 10.0. The summed E-state index contributed by atoms with van der Waals surface area (Å²) in [5.41, 5.74) is 2.25. The van der Waals surface area contributed by atoms with Crippen molar-refractivity contribution in [2.45, 2.75) is 40.3 Å². The molecule has 1 heterocycles. The largest absolute Gasteiger partial charge is 0.491 e. The lowest BCUT2D eigenvalue weighted by atomic mass is 10.1. The number of hydrogen-bond donors (Lipinski definition) is 2. The van der Waals surface area contributed by atoms with Crippen molar-refractivity contribution in [3.8, 4) is 5.75 Å². The zero-order valence-electron chi connectivity index (χ0n) is 17.9. The van der Waals surface area contributed by atoms with Gasteiger partial charge in [-0.15, -0.1) is 35.3 Å². The molecule has 8 heteroatoms. The van der Waals surface area contributed by atoms with Gasteiger partial charge in [0, 0.05) is 43.8 Å². The maximum atomic E-state index is 5.86. The smallest absolute Gasteiger partial charge is 0.191 e. The molecule has 0 atom stereocenters. The van der Waals surface area contributed by atoms with Crippen LogP contribution in [0.25, 0.3) is 0 Å². The second kappa shape index (κ2) is 13.8. The fraction of sp³-hybridized carbons (Fsp3) is 0.524. The van der Waals surface area contributed by atoms with Crippen LogP contribution in [-0.4, -0.2) is 38.3 Å². The summed E-state index contributed by atoms with van der Waals surface area (Å²) in [6.07, 6.45) is 2.97. The Morgan fingerprint density at radius 3 is 2.66 bits per heavy atom. The van der Waals surface area contributed by atoms with Crippen molar-refractivity contribution in [1.29, 1.82) is 0 Å². The third-order valence-corrected chi connectivity index (χ3v) is 5.07. The Kier molecular flexibility index (Phi) is 12.2. The third kappa shape index (κ3) is 9.31. The van der Waals surface area contributed by atoms with E-state index in [4.69, 9.17) is 9.47 Å². The molecular formula is C21H33IN4O2S. The van der Waals surface area contributed by atoms with Gasteiger partial charge in [0.05, 0.1) is 18.2 Å². The first-order valence-electron chi connectivity index (χ1n) is 9.61. The molecule has 0 aliphatic heterocycles. The fourth-order valence-corrected chi connectivity index (χ4v) is 3.70. The van der Waals surface area contributed by atoms with Gasteiger partial charge in [-0.2, -0.15) is 0 Å². The van der Waals surface area contributed by atoms with Crippen LogP contribution < -0.4 is 15.4 Å². The van der Waals surface area contributed by atoms with Crippen LogP contribution >= 0.6 is 35.3 Å². The molecule has 1 aromatic heterocycles. The number of rotatable bonds is 10. The van der Waals surface area contributed by atoms with Crippen LogP contribution in [0.4, 0.5) is 0 Å². The summed E-state index contributed by atoms with van der Waals surface area (Å²) in [6.45, 7) is 8.92. The minimum Gasteiger partial charge on any atom is -0.491 e. The highest BCUT2D eigenvalue weighted by atomic mass is 127. The zero-order valence-corrected chi connectivity index (χ0v) is 21.1. The van der Waals surface area contributed by atoms with Gasteiger partial charge in [0.15, 0.2) is 5.96 Å². The Hall–Kier alpha value is -1.39. The van der Waals surface area contributed by atoms with E-state index in [1.807, 2.05) is 6.20 Å². The van der Waals surface area contributed by atoms with Gasteiger partial charge in [0.1, 0.15) is 12.4 Å². The number of aliphatic imine (C=N–C) groups is 1. The quantitative estimate of drug-likeness (QED) is 0.208. The van der Waals surface area contributed by atoms with E-state index in [2.05, 4.69) is 59.6 Å². The van der Waals surface area contributed by atoms with Crippen molar-refractivity contribution in [1.82, 2.24) is 15.6 Å². The van der Waals surface area contributed by atoms with Crippen LogP contribution in [0.1, 0.15) is 34.9 Å². The van der Waals surface area contributed by atoms with Crippen LogP contribution in [0, 0.1) is 12.8 Å². The van der Waals surface area contributed by atoms with Gasteiger partial charge in [0.25, 0.3) is 0 Å². The van der Waals surface area contributed by atoms with Crippen molar-refractivity contribution < 1.29 is 9.47 Å². The van der Waals surface area contributed by atoms with E-state index in [0.29, 0.717) is 32.2 Å². The molecule has 2 rings (SSSR count). The first-order chi connectivity index (χ1) is 13.5. The summed E-state index contributed by atoms with van der Waals surface area (Å²) in [5, 5.41) is 7.90. The summed E-state index contributed by atoms with van der Waals surface area (Å²) in [6, 6.07) is 6.22. The molecule has 0 fully saturated rings. The van der Waals surface area contributed by atoms with Crippen molar-refractivity contribution in [3.63, 3.8) is 0 Å². The Morgan fingerprint density at radius 1 is 1.21 bits per heavy atom. The second-order valence-corrected chi connectivity index (χ2v) is 8.25. The summed E-state index contributed by atoms with van der Waals surface area (Å²) in [7, 11) is 3.45. The Morgan fingerprint density at radius 2 is 1.97 bits per heavy atom. The number of methoxy groups -OCH3 is 1. The average Bonchev–Trinajstić information content (AvgIpc) is 3.10. The average molecular weight is 532 g/mol. The van der Waals surface area contributed by atoms with Crippen LogP contribution in [-0.2, 0) is 24.2 Å². The number of guanidine groups is 1. The Bertz CT molecular complexity index is 765. The van der Waals surface area contributed by atoms with E-state index in [-0.39, 0.29) is 24.0 Å². The molecular weight excluding hydrogens is 499 g/mol. The minimum atomic E-state index is 0. The molecule has 6 nitrogen and oxygen atoms in total. The number of aryl methyl sites for hydroxylation is 1. The van der Waals surface area contributed by atoms with Crippen LogP contribution in [0.15, 0.2) is 29.4 Å². The topological polar surface area (TPSA) is 67.8 Å². The van der Waals surface area contributed by atoms with Crippen LogP contribution in [0.3, 0.4) is 0 Å². The highest BCUT2D eigenvalue weighted by Gasteiger charge is 2.08. The predicted octanol–water partition coefficient (Wildman–Crippen LogP) is 4.16. The molecule has 0 amide bonds. The molecule has 1 aromatic carbocycles. The van der Waals surface area contributed by atoms with E-state index in [1.54, 1.807) is 25.5 Å². The molecule has 0 saturated carbocycles. The fourth-order valence-electron chi connectivity index (χ4n) is 2.62. The first-order valence-corrected chi connectivity index (χ1v) is 10.4. The third-order valence-electron chi connectivity index (χ3n) is 4.05. The molecule has 0 saturated heterocycles. The summed E-state index contributed by atoms with van der Waals surface area (Å²) >= 11 is 1.76. The maximum absolute atomic E-state index is 5.86. The molecule has 2 aromatic rings. The van der Waals surface area contributed by atoms with Crippen LogP contribution in [0.2, 0.25) is 0 Å². The Balaban J connectivity index is 0.00000420. The summed E-state index contributed by atoms with van der Waals surface area (Å²) < 4.78 is 10.9. The van der Waals surface area contributed by atoms with Gasteiger partial charge >= 0.3 is 0 Å². The van der Waals surface area contributed by atoms with E-state index in [1.165, 1.54) is 15.4 Å². The zero-order chi connectivity index (χ0) is 20.4. The van der Waals surface area contributed by atoms with E-state index in [9.17, 15) is 0 Å². The number of aromatic nitrogens is 1. The van der Waals surface area contributed by atoms with Gasteiger partial charge in [-0.25, -0.2) is 4.98 Å². The Labute approximate surface area is 195 Å². The molecule has 0 aliphatic carbocycles. The molecule has 0 spiro atoms. The molecule has 0 bridgehead atoms. The molecule has 0 unspecified atom stereocenters. The first kappa shape index (κ1) is 25.6. The number of ether oxygens (including phenoxy) is 2. The van der Waals surface area contributed by atoms with Gasteiger partial charge in [0.2, 0.25) is 0 Å². The lowest BCUT2D eigenvalue weighted by Crippen LogP contribution is -2.36. The van der Waals surface area contributed by atoms with E-state index in [0.717, 1.165) is 23.7 Å². The van der Waals surface area contributed by atoms with Crippen molar-refractivity contribution in [3.05, 3.63) is 45.4 Å². The lowest BCUT2D eigenvalue weighted by molar-refractivity contribution is 0.145. The van der Waals surface area contributed by atoms with Gasteiger partial charge in [-0.3, -0.25) is 4.99 Å². The molecule has 162 valence electrons.